The molecule has 1 aromatic heterocycles. The molecule has 2 aromatic carbocycles. The van der Waals surface area contributed by atoms with Gasteiger partial charge in [-0.2, -0.15) is 0 Å². The van der Waals surface area contributed by atoms with Gasteiger partial charge in [0.15, 0.2) is 11.5 Å². The van der Waals surface area contributed by atoms with E-state index in [0.29, 0.717) is 28.6 Å². The number of benzene rings is 2. The Morgan fingerprint density at radius 3 is 2.70 bits per heavy atom. The molecule has 4 rings (SSSR count). The average molecular weight is 365 g/mol. The van der Waals surface area contributed by atoms with E-state index in [9.17, 15) is 9.18 Å². The predicted molar refractivity (Wildman–Crippen MR) is 98.8 cm³/mol. The van der Waals surface area contributed by atoms with Crippen molar-refractivity contribution in [1.29, 1.82) is 0 Å². The Kier molecular flexibility index (Phi) is 4.57. The predicted octanol–water partition coefficient (Wildman–Crippen LogP) is 3.87. The molecule has 0 radical (unpaired) electrons. The maximum Gasteiger partial charge on any atom is 0.231 e. The van der Waals surface area contributed by atoms with E-state index in [0.717, 1.165) is 5.69 Å². The number of halogens is 1. The minimum absolute atomic E-state index is 0.0922. The number of carbonyl (C=O) groups excluding carboxylic acids is 1. The molecule has 0 saturated heterocycles. The van der Waals surface area contributed by atoms with E-state index in [1.54, 1.807) is 30.5 Å². The van der Waals surface area contributed by atoms with Crippen molar-refractivity contribution in [3.63, 3.8) is 0 Å². The van der Waals surface area contributed by atoms with Crippen molar-refractivity contribution in [3.8, 4) is 11.5 Å². The molecule has 1 aliphatic heterocycles. The highest BCUT2D eigenvalue weighted by atomic mass is 19.1. The number of hydrogen-bond acceptors (Lipinski definition) is 5. The van der Waals surface area contributed by atoms with Crippen LogP contribution < -0.4 is 20.1 Å². The molecule has 2 heterocycles. The van der Waals surface area contributed by atoms with Crippen LogP contribution in [0, 0.1) is 5.82 Å². The fourth-order valence-corrected chi connectivity index (χ4v) is 2.70. The lowest BCUT2D eigenvalue weighted by Gasteiger charge is -2.08. The standard InChI is InChI=1S/C20H16FN3O3/c21-14-3-1-2-13(8-14)9-20(25)24-16-5-7-19(22-11-16)23-15-4-6-17-18(10-15)27-12-26-17/h1-8,10-11H,9,12H2,(H,22,23)(H,24,25). The number of nitrogens with zero attached hydrogens (tertiary/aromatic N) is 1. The van der Waals surface area contributed by atoms with Crippen LogP contribution in [-0.4, -0.2) is 17.7 Å². The zero-order valence-corrected chi connectivity index (χ0v) is 14.2. The van der Waals surface area contributed by atoms with Gasteiger partial charge in [0, 0.05) is 11.8 Å². The van der Waals surface area contributed by atoms with Crippen LogP contribution in [0.1, 0.15) is 5.56 Å². The van der Waals surface area contributed by atoms with Crippen LogP contribution in [0.15, 0.2) is 60.8 Å². The third-order valence-corrected chi connectivity index (χ3v) is 3.95. The Morgan fingerprint density at radius 1 is 1.04 bits per heavy atom. The lowest BCUT2D eigenvalue weighted by Crippen LogP contribution is -2.14. The van der Waals surface area contributed by atoms with Gasteiger partial charge in [-0.3, -0.25) is 4.79 Å². The summed E-state index contributed by atoms with van der Waals surface area (Å²) in [5.74, 6) is 1.42. The maximum atomic E-state index is 13.2. The first-order valence-corrected chi connectivity index (χ1v) is 8.33. The number of fused-ring (bicyclic) bond motifs is 1. The number of rotatable bonds is 5. The second-order valence-electron chi connectivity index (χ2n) is 5.98. The second kappa shape index (κ2) is 7.33. The van der Waals surface area contributed by atoms with Crippen molar-refractivity contribution in [2.75, 3.05) is 17.4 Å². The van der Waals surface area contributed by atoms with Gasteiger partial charge < -0.3 is 20.1 Å². The molecule has 0 bridgehead atoms. The van der Waals surface area contributed by atoms with E-state index in [-0.39, 0.29) is 24.9 Å². The fourth-order valence-electron chi connectivity index (χ4n) is 2.70. The topological polar surface area (TPSA) is 72.5 Å². The third-order valence-electron chi connectivity index (χ3n) is 3.95. The summed E-state index contributed by atoms with van der Waals surface area (Å²) in [6.07, 6.45) is 1.65. The number of aromatic nitrogens is 1. The highest BCUT2D eigenvalue weighted by Gasteiger charge is 2.13. The quantitative estimate of drug-likeness (QED) is 0.718. The SMILES string of the molecule is O=C(Cc1cccc(F)c1)Nc1ccc(Nc2ccc3c(c2)OCO3)nc1. The van der Waals surface area contributed by atoms with Gasteiger partial charge in [0.1, 0.15) is 11.6 Å². The summed E-state index contributed by atoms with van der Waals surface area (Å²) in [4.78, 5) is 16.4. The van der Waals surface area contributed by atoms with Crippen molar-refractivity contribution in [2.24, 2.45) is 0 Å². The zero-order valence-electron chi connectivity index (χ0n) is 14.2. The Labute approximate surface area is 155 Å². The number of carbonyl (C=O) groups is 1. The molecule has 136 valence electrons. The van der Waals surface area contributed by atoms with Crippen molar-refractivity contribution in [2.45, 2.75) is 6.42 Å². The van der Waals surface area contributed by atoms with Crippen LogP contribution >= 0.6 is 0 Å². The van der Waals surface area contributed by atoms with Gasteiger partial charge in [-0.05, 0) is 42.0 Å². The van der Waals surface area contributed by atoms with E-state index in [4.69, 9.17) is 9.47 Å². The van der Waals surface area contributed by atoms with Gasteiger partial charge >= 0.3 is 0 Å². The number of pyridine rings is 1. The number of anilines is 3. The minimum Gasteiger partial charge on any atom is -0.454 e. The summed E-state index contributed by atoms with van der Waals surface area (Å²) >= 11 is 0. The summed E-state index contributed by atoms with van der Waals surface area (Å²) in [6.45, 7) is 0.223. The van der Waals surface area contributed by atoms with Gasteiger partial charge in [0.05, 0.1) is 18.3 Å². The highest BCUT2D eigenvalue weighted by Crippen LogP contribution is 2.34. The molecule has 7 heteroatoms. The monoisotopic (exact) mass is 365 g/mol. The molecule has 0 unspecified atom stereocenters. The van der Waals surface area contributed by atoms with Crippen LogP contribution in [-0.2, 0) is 11.2 Å². The lowest BCUT2D eigenvalue weighted by molar-refractivity contribution is -0.115. The minimum atomic E-state index is -0.360. The molecule has 27 heavy (non-hydrogen) atoms. The van der Waals surface area contributed by atoms with Crippen LogP contribution in [0.3, 0.4) is 0 Å². The zero-order chi connectivity index (χ0) is 18.6. The highest BCUT2D eigenvalue weighted by molar-refractivity contribution is 5.92. The van der Waals surface area contributed by atoms with Gasteiger partial charge in [0.2, 0.25) is 12.7 Å². The van der Waals surface area contributed by atoms with Crippen molar-refractivity contribution in [3.05, 3.63) is 72.2 Å². The number of hydrogen-bond donors (Lipinski definition) is 2. The fraction of sp³-hybridized carbons (Fsp3) is 0.100. The average Bonchev–Trinajstić information content (AvgIpc) is 3.11. The molecule has 1 aliphatic rings. The molecule has 0 aliphatic carbocycles. The molecule has 6 nitrogen and oxygen atoms in total. The third kappa shape index (κ3) is 4.14. The van der Waals surface area contributed by atoms with E-state index in [1.807, 2.05) is 18.2 Å². The summed E-state index contributed by atoms with van der Waals surface area (Å²) in [5.41, 5.74) is 1.99. The normalized spacial score (nSPS) is 11.9. The lowest BCUT2D eigenvalue weighted by atomic mass is 10.1. The van der Waals surface area contributed by atoms with Crippen LogP contribution in [0.25, 0.3) is 0 Å². The van der Waals surface area contributed by atoms with Crippen LogP contribution in [0.4, 0.5) is 21.6 Å². The molecule has 0 atom stereocenters. The Morgan fingerprint density at radius 2 is 1.89 bits per heavy atom. The summed E-state index contributed by atoms with van der Waals surface area (Å²) in [6, 6.07) is 15.0. The molecule has 0 spiro atoms. The Hall–Kier alpha value is -3.61. The van der Waals surface area contributed by atoms with Gasteiger partial charge in [-0.25, -0.2) is 9.37 Å². The van der Waals surface area contributed by atoms with Crippen molar-refractivity contribution < 1.29 is 18.7 Å². The van der Waals surface area contributed by atoms with Crippen LogP contribution in [0.2, 0.25) is 0 Å². The number of amides is 1. The van der Waals surface area contributed by atoms with Crippen LogP contribution in [0.5, 0.6) is 11.5 Å². The van der Waals surface area contributed by atoms with Crippen molar-refractivity contribution >= 4 is 23.1 Å². The molecule has 2 N–H and O–H groups in total. The molecular formula is C20H16FN3O3. The van der Waals surface area contributed by atoms with E-state index < -0.39 is 0 Å². The first kappa shape index (κ1) is 16.8. The largest absolute Gasteiger partial charge is 0.454 e. The number of ether oxygens (including phenoxy) is 2. The first-order chi connectivity index (χ1) is 13.2. The molecule has 3 aromatic rings. The molecular weight excluding hydrogens is 349 g/mol. The molecule has 1 amide bonds. The summed E-state index contributed by atoms with van der Waals surface area (Å²) in [7, 11) is 0. The number of nitrogens with one attached hydrogen (secondary N) is 2. The Bertz CT molecular complexity index is 976. The first-order valence-electron chi connectivity index (χ1n) is 8.33. The van der Waals surface area contributed by atoms with Gasteiger partial charge in [-0.15, -0.1) is 0 Å². The van der Waals surface area contributed by atoms with Crippen molar-refractivity contribution in [1.82, 2.24) is 4.98 Å². The maximum absolute atomic E-state index is 13.2. The molecule has 0 fully saturated rings. The Balaban J connectivity index is 1.36. The second-order valence-corrected chi connectivity index (χ2v) is 5.98. The summed E-state index contributed by atoms with van der Waals surface area (Å²) < 4.78 is 23.8. The summed E-state index contributed by atoms with van der Waals surface area (Å²) in [5, 5.41) is 5.91. The van der Waals surface area contributed by atoms with E-state index in [1.165, 1.54) is 12.1 Å². The van der Waals surface area contributed by atoms with E-state index >= 15 is 0 Å². The molecule has 0 saturated carbocycles. The van der Waals surface area contributed by atoms with E-state index in [2.05, 4.69) is 15.6 Å². The smallest absolute Gasteiger partial charge is 0.231 e. The van der Waals surface area contributed by atoms with Gasteiger partial charge in [-0.1, -0.05) is 12.1 Å². The van der Waals surface area contributed by atoms with Gasteiger partial charge in [0.25, 0.3) is 0 Å².